The molecule has 46 heavy (non-hydrogen) atoms. The minimum Gasteiger partial charge on any atom is -0.448 e. The van der Waals surface area contributed by atoms with E-state index >= 15 is 0 Å². The molecule has 3 N–H and O–H groups in total. The second-order valence-corrected chi connectivity index (χ2v) is 12.1. The first-order chi connectivity index (χ1) is 22.4. The molecule has 2 aliphatic rings. The van der Waals surface area contributed by atoms with E-state index < -0.39 is 35.3 Å². The number of thiazole rings is 1. The number of carbonyl (C=O) groups is 3. The maximum absolute atomic E-state index is 14.1. The van der Waals surface area contributed by atoms with E-state index in [1.54, 1.807) is 23.7 Å². The zero-order valence-electron chi connectivity index (χ0n) is 24.5. The third-order valence-corrected chi connectivity index (χ3v) is 9.19. The van der Waals surface area contributed by atoms with Gasteiger partial charge >= 0.3 is 5.97 Å². The lowest BCUT2D eigenvalue weighted by Crippen LogP contribution is -2.71. The van der Waals surface area contributed by atoms with Crippen LogP contribution in [0.2, 0.25) is 0 Å². The Morgan fingerprint density at radius 1 is 1.04 bits per heavy atom. The van der Waals surface area contributed by atoms with Gasteiger partial charge in [-0.25, -0.2) is 9.78 Å². The molecule has 4 aromatic rings. The monoisotopic (exact) mass is 652 g/mol. The van der Waals surface area contributed by atoms with Crippen molar-refractivity contribution in [3.63, 3.8) is 0 Å². The highest BCUT2D eigenvalue weighted by atomic mass is 32.2. The lowest BCUT2D eigenvalue weighted by atomic mass is 10.00. The number of rotatable bonds is 10. The van der Waals surface area contributed by atoms with Crippen molar-refractivity contribution in [2.45, 2.75) is 17.5 Å². The Morgan fingerprint density at radius 2 is 1.74 bits per heavy atom. The molecule has 1 unspecified atom stereocenters. The van der Waals surface area contributed by atoms with Crippen molar-refractivity contribution < 1.29 is 24.0 Å². The normalized spacial score (nSPS) is 17.9. The Hall–Kier alpha value is -5.27. The predicted molar refractivity (Wildman–Crippen MR) is 176 cm³/mol. The molecule has 0 bridgehead atoms. The number of allylic oxidation sites excluding steroid dienone is 1. The maximum atomic E-state index is 14.1. The highest BCUT2D eigenvalue weighted by molar-refractivity contribution is 8.00. The fraction of sp³-hybridized carbons (Fsp3) is 0.152. The number of fused-ring (bicyclic) bond motifs is 1. The summed E-state index contributed by atoms with van der Waals surface area (Å²) in [6.07, 6.45) is 4.51. The van der Waals surface area contributed by atoms with Crippen molar-refractivity contribution in [3.8, 4) is 0 Å². The van der Waals surface area contributed by atoms with Gasteiger partial charge in [0.1, 0.15) is 29.9 Å². The average Bonchev–Trinajstić information content (AvgIpc) is 3.53. The number of carbonyl (C=O) groups excluding carboxylic acids is 3. The van der Waals surface area contributed by atoms with Crippen LogP contribution >= 0.6 is 23.1 Å². The number of oxime groups is 1. The molecular formula is C33H28N6O5S2. The maximum Gasteiger partial charge on any atom is 0.356 e. The molecule has 2 aromatic heterocycles. The topological polar surface area (TPSA) is 149 Å². The average molecular weight is 653 g/mol. The molecule has 2 aromatic carbocycles. The van der Waals surface area contributed by atoms with E-state index in [9.17, 15) is 14.4 Å². The fourth-order valence-electron chi connectivity index (χ4n) is 5.07. The van der Waals surface area contributed by atoms with E-state index in [1.165, 1.54) is 23.8 Å². The van der Waals surface area contributed by atoms with Crippen molar-refractivity contribution in [2.24, 2.45) is 5.16 Å². The Morgan fingerprint density at radius 3 is 2.35 bits per heavy atom. The Kier molecular flexibility index (Phi) is 9.22. The zero-order chi connectivity index (χ0) is 32.0. The molecule has 2 amide bonds. The fourth-order valence-corrected chi connectivity index (χ4v) is 6.94. The van der Waals surface area contributed by atoms with E-state index in [4.69, 9.17) is 15.3 Å². The van der Waals surface area contributed by atoms with Crippen LogP contribution < -0.4 is 11.1 Å². The van der Waals surface area contributed by atoms with Crippen LogP contribution in [0.5, 0.6) is 0 Å². The SMILES string of the molecule is CON=C(C(=O)NC1C(=O)N2C(C(=O)OC(c3ccccc3)c3ccccc3)=C(C=Cc3ccccn3)CS[C@H]12)c1csc(N)n1. The van der Waals surface area contributed by atoms with Crippen LogP contribution in [0, 0.1) is 0 Å². The van der Waals surface area contributed by atoms with E-state index in [0.717, 1.165) is 22.5 Å². The second-order valence-electron chi connectivity index (χ2n) is 10.1. The summed E-state index contributed by atoms with van der Waals surface area (Å²) in [4.78, 5) is 55.8. The number of nitrogens with zero attached hydrogens (tertiary/aromatic N) is 4. The number of benzene rings is 2. The minimum atomic E-state index is -0.932. The van der Waals surface area contributed by atoms with Crippen LogP contribution in [-0.2, 0) is 24.0 Å². The van der Waals surface area contributed by atoms with Crippen molar-refractivity contribution >= 4 is 57.8 Å². The van der Waals surface area contributed by atoms with Crippen LogP contribution in [0.3, 0.4) is 0 Å². The smallest absolute Gasteiger partial charge is 0.356 e. The molecule has 6 rings (SSSR count). The van der Waals surface area contributed by atoms with Crippen LogP contribution in [-0.4, -0.2) is 62.6 Å². The molecule has 11 nitrogen and oxygen atoms in total. The number of amides is 2. The minimum absolute atomic E-state index is 0.112. The number of nitrogens with two attached hydrogens (primary N) is 1. The van der Waals surface area contributed by atoms with Crippen LogP contribution in [0.15, 0.2) is 113 Å². The van der Waals surface area contributed by atoms with Gasteiger partial charge in [0.25, 0.3) is 11.8 Å². The molecule has 1 fully saturated rings. The summed E-state index contributed by atoms with van der Waals surface area (Å²) in [6.45, 7) is 0. The molecular weight excluding hydrogens is 625 g/mol. The number of hydrogen-bond acceptors (Lipinski definition) is 11. The van der Waals surface area contributed by atoms with Gasteiger partial charge in [0.2, 0.25) is 0 Å². The van der Waals surface area contributed by atoms with Crippen molar-refractivity contribution in [2.75, 3.05) is 18.6 Å². The third kappa shape index (κ3) is 6.41. The summed E-state index contributed by atoms with van der Waals surface area (Å²) in [5.41, 5.74) is 8.80. The molecule has 13 heteroatoms. The van der Waals surface area contributed by atoms with Gasteiger partial charge < -0.3 is 20.6 Å². The number of β-lactam (4-membered cyclic amide) rings is 1. The number of hydrogen-bond donors (Lipinski definition) is 2. The first-order valence-corrected chi connectivity index (χ1v) is 16.1. The molecule has 0 saturated carbocycles. The van der Waals surface area contributed by atoms with Crippen LogP contribution in [0.1, 0.15) is 28.6 Å². The third-order valence-electron chi connectivity index (χ3n) is 7.21. The largest absolute Gasteiger partial charge is 0.448 e. The highest BCUT2D eigenvalue weighted by Gasteiger charge is 2.54. The van der Waals surface area contributed by atoms with Crippen molar-refractivity contribution in [1.82, 2.24) is 20.2 Å². The van der Waals surface area contributed by atoms with E-state index in [2.05, 4.69) is 20.4 Å². The Balaban J connectivity index is 1.31. The highest BCUT2D eigenvalue weighted by Crippen LogP contribution is 2.42. The molecule has 0 radical (unpaired) electrons. The molecule has 232 valence electrons. The van der Waals surface area contributed by atoms with Gasteiger partial charge in [0, 0.05) is 17.3 Å². The molecule has 0 spiro atoms. The number of ether oxygens (including phenoxy) is 1. The summed E-state index contributed by atoms with van der Waals surface area (Å²) in [7, 11) is 1.30. The molecule has 1 saturated heterocycles. The lowest BCUT2D eigenvalue weighted by molar-refractivity contribution is -0.154. The number of nitrogen functional groups attached to an aromatic ring is 1. The summed E-state index contributed by atoms with van der Waals surface area (Å²) < 4.78 is 6.20. The predicted octanol–water partition coefficient (Wildman–Crippen LogP) is 4.17. The van der Waals surface area contributed by atoms with E-state index in [-0.39, 0.29) is 22.2 Å². The number of pyridine rings is 1. The number of nitrogens with one attached hydrogen (secondary N) is 1. The second kappa shape index (κ2) is 13.8. The van der Waals surface area contributed by atoms with Crippen molar-refractivity contribution in [3.05, 3.63) is 130 Å². The van der Waals surface area contributed by atoms with Gasteiger partial charge in [-0.05, 0) is 34.9 Å². The van der Waals surface area contributed by atoms with Gasteiger partial charge in [-0.2, -0.15) is 0 Å². The Labute approximate surface area is 272 Å². The first-order valence-electron chi connectivity index (χ1n) is 14.2. The molecule has 2 aliphatic heterocycles. The van der Waals surface area contributed by atoms with Gasteiger partial charge in [0.15, 0.2) is 16.9 Å². The summed E-state index contributed by atoms with van der Waals surface area (Å²) in [5, 5.41) is 7.81. The van der Waals surface area contributed by atoms with Gasteiger partial charge in [-0.1, -0.05) is 78.0 Å². The van der Waals surface area contributed by atoms with E-state index in [0.29, 0.717) is 17.0 Å². The van der Waals surface area contributed by atoms with Gasteiger partial charge in [-0.15, -0.1) is 23.1 Å². The molecule has 0 aliphatic carbocycles. The van der Waals surface area contributed by atoms with Gasteiger partial charge in [0.05, 0.1) is 5.69 Å². The summed E-state index contributed by atoms with van der Waals surface area (Å²) in [6, 6.07) is 23.4. The van der Waals surface area contributed by atoms with Crippen LogP contribution in [0.4, 0.5) is 5.13 Å². The lowest BCUT2D eigenvalue weighted by Gasteiger charge is -2.49. The van der Waals surface area contributed by atoms with Crippen LogP contribution in [0.25, 0.3) is 6.08 Å². The van der Waals surface area contributed by atoms with Crippen molar-refractivity contribution in [1.29, 1.82) is 0 Å². The zero-order valence-corrected chi connectivity index (χ0v) is 26.1. The summed E-state index contributed by atoms with van der Waals surface area (Å²) in [5.74, 6) is -1.42. The number of esters is 1. The summed E-state index contributed by atoms with van der Waals surface area (Å²) >= 11 is 2.56. The number of anilines is 1. The first kappa shape index (κ1) is 30.7. The van der Waals surface area contributed by atoms with Gasteiger partial charge in [-0.3, -0.25) is 19.5 Å². The Bertz CT molecular complexity index is 1790. The molecule has 2 atom stereocenters. The number of aromatic nitrogens is 2. The van der Waals surface area contributed by atoms with E-state index in [1.807, 2.05) is 78.9 Å². The number of thioether (sulfide) groups is 1. The standard InChI is InChI=1S/C33H28N6O5S2/c1-43-38-25(24-19-46-33(34)36-24)29(40)37-26-30(41)39-27(22(18-45-31(26)39)15-16-23-14-8-9-17-35-23)32(42)44-28(20-10-4-2-5-11-20)21-12-6-3-7-13-21/h2-17,19,26,28,31H,18H2,1H3,(H2,34,36)(H,37,40)/t26?,31-/m1/s1. The molecule has 4 heterocycles. The quantitative estimate of drug-likeness (QED) is 0.111.